The van der Waals surface area contributed by atoms with Crippen molar-refractivity contribution in [3.63, 3.8) is 0 Å². The Kier molecular flexibility index (Phi) is 10.4. The lowest BCUT2D eigenvalue weighted by Crippen LogP contribution is -2.48. The molecule has 15 heteroatoms. The number of amides is 2. The molecular formula is C28H36N8O5S2. The van der Waals surface area contributed by atoms with Gasteiger partial charge in [-0.05, 0) is 73.6 Å². The van der Waals surface area contributed by atoms with Crippen LogP contribution in [0.2, 0.25) is 0 Å². The predicted octanol–water partition coefficient (Wildman–Crippen LogP) is 3.03. The van der Waals surface area contributed by atoms with Gasteiger partial charge in [-0.2, -0.15) is 0 Å². The van der Waals surface area contributed by atoms with Crippen LogP contribution in [0.1, 0.15) is 25.3 Å². The zero-order valence-electron chi connectivity index (χ0n) is 23.7. The number of hydrogen-bond donors (Lipinski definition) is 6. The van der Waals surface area contributed by atoms with E-state index in [4.69, 9.17) is 10.5 Å². The Balaban J connectivity index is 1.29. The second-order valence-corrected chi connectivity index (χ2v) is 13.3. The molecule has 1 heterocycles. The Morgan fingerprint density at radius 1 is 0.837 bits per heavy atom. The third-order valence-electron chi connectivity index (χ3n) is 6.85. The molecule has 3 aromatic rings. The van der Waals surface area contributed by atoms with Crippen molar-refractivity contribution in [2.75, 3.05) is 48.8 Å². The number of nitrogens with zero attached hydrogens (tertiary/aromatic N) is 2. The van der Waals surface area contributed by atoms with Crippen molar-refractivity contribution < 1.29 is 21.6 Å². The number of hydrazine groups is 1. The number of piperazine rings is 1. The van der Waals surface area contributed by atoms with Gasteiger partial charge >= 0.3 is 6.03 Å². The minimum absolute atomic E-state index is 0.0653. The van der Waals surface area contributed by atoms with Crippen LogP contribution in [0.5, 0.6) is 0 Å². The van der Waals surface area contributed by atoms with E-state index < -0.39 is 26.1 Å². The lowest BCUT2D eigenvalue weighted by molar-refractivity contribution is 0.180. The molecule has 0 aromatic heterocycles. The standard InChI is InChI=1S/C28H36N8O5S2/c1-2-3-15-35-16-18-36(19-17-35)27(29)21-5-4-6-24(20-21)32-28(37)31-22-7-13-26(14-8-22)43(40,41)34-33-23-9-11-25(12-10-23)42(30,38)39/h4-14,20,29,33-34H,2-3,15-19H2,1H3,(H2,30,38,39)(H2,31,32,37). The highest BCUT2D eigenvalue weighted by atomic mass is 32.2. The fourth-order valence-corrected chi connectivity index (χ4v) is 5.81. The normalized spacial score (nSPS) is 14.2. The number of sulfonamides is 2. The summed E-state index contributed by atoms with van der Waals surface area (Å²) in [5, 5.41) is 19.1. The number of anilines is 3. The van der Waals surface area contributed by atoms with Gasteiger partial charge in [0.2, 0.25) is 10.0 Å². The molecule has 4 rings (SSSR count). The van der Waals surface area contributed by atoms with E-state index in [-0.39, 0.29) is 9.79 Å². The number of unbranched alkanes of at least 4 members (excludes halogenated alkanes) is 1. The first-order valence-corrected chi connectivity index (χ1v) is 16.7. The first-order valence-electron chi connectivity index (χ1n) is 13.7. The summed E-state index contributed by atoms with van der Waals surface area (Å²) in [5.74, 6) is 0.416. The molecule has 43 heavy (non-hydrogen) atoms. The van der Waals surface area contributed by atoms with Gasteiger partial charge in [0.25, 0.3) is 10.0 Å². The van der Waals surface area contributed by atoms with Gasteiger partial charge in [0.05, 0.1) is 9.79 Å². The minimum Gasteiger partial charge on any atom is -0.354 e. The number of urea groups is 1. The van der Waals surface area contributed by atoms with Crippen LogP contribution >= 0.6 is 0 Å². The molecule has 3 aromatic carbocycles. The summed E-state index contributed by atoms with van der Waals surface area (Å²) in [6.45, 7) is 6.68. The van der Waals surface area contributed by atoms with Crippen LogP contribution in [-0.2, 0) is 20.0 Å². The minimum atomic E-state index is -3.98. The zero-order valence-corrected chi connectivity index (χ0v) is 25.3. The van der Waals surface area contributed by atoms with Gasteiger partial charge in [-0.3, -0.25) is 10.3 Å². The Morgan fingerprint density at radius 3 is 2.07 bits per heavy atom. The van der Waals surface area contributed by atoms with Crippen LogP contribution in [0, 0.1) is 5.41 Å². The van der Waals surface area contributed by atoms with E-state index in [2.05, 4.69) is 32.7 Å². The molecule has 7 N–H and O–H groups in total. The van der Waals surface area contributed by atoms with Crippen LogP contribution < -0.4 is 26.0 Å². The monoisotopic (exact) mass is 628 g/mol. The van der Waals surface area contributed by atoms with E-state index in [1.54, 1.807) is 18.2 Å². The number of amidine groups is 1. The predicted molar refractivity (Wildman–Crippen MR) is 167 cm³/mol. The molecule has 0 spiro atoms. The number of hydrogen-bond acceptors (Lipinski definition) is 8. The molecule has 0 bridgehead atoms. The van der Waals surface area contributed by atoms with Crippen molar-refractivity contribution in [2.45, 2.75) is 29.6 Å². The van der Waals surface area contributed by atoms with E-state index in [9.17, 15) is 21.6 Å². The number of carbonyl (C=O) groups excluding carboxylic acids is 1. The van der Waals surface area contributed by atoms with Gasteiger partial charge in [-0.15, -0.1) is 4.83 Å². The fourth-order valence-electron chi connectivity index (χ4n) is 4.43. The molecule has 13 nitrogen and oxygen atoms in total. The van der Waals surface area contributed by atoms with Gasteiger partial charge in [-0.1, -0.05) is 25.5 Å². The molecule has 0 radical (unpaired) electrons. The molecule has 1 aliphatic heterocycles. The molecule has 0 unspecified atom stereocenters. The van der Waals surface area contributed by atoms with Crippen molar-refractivity contribution in [3.8, 4) is 0 Å². The van der Waals surface area contributed by atoms with Crippen molar-refractivity contribution >= 4 is 49.0 Å². The van der Waals surface area contributed by atoms with Gasteiger partial charge < -0.3 is 21.0 Å². The number of nitrogens with two attached hydrogens (primary N) is 1. The summed E-state index contributed by atoms with van der Waals surface area (Å²) in [5.41, 5.74) is 4.40. The summed E-state index contributed by atoms with van der Waals surface area (Å²) < 4.78 is 48.0. The van der Waals surface area contributed by atoms with Gasteiger partial charge in [-0.25, -0.2) is 26.8 Å². The van der Waals surface area contributed by atoms with E-state index in [1.807, 2.05) is 11.0 Å². The molecule has 0 saturated carbocycles. The van der Waals surface area contributed by atoms with E-state index in [0.29, 0.717) is 28.5 Å². The van der Waals surface area contributed by atoms with E-state index >= 15 is 0 Å². The Bertz CT molecular complexity index is 1640. The molecule has 1 saturated heterocycles. The summed E-state index contributed by atoms with van der Waals surface area (Å²) in [4.78, 5) is 19.1. The fraction of sp³-hybridized carbons (Fsp3) is 0.286. The Labute approximate surface area is 252 Å². The third kappa shape index (κ3) is 8.98. The molecule has 0 aliphatic carbocycles. The number of nitrogens with one attached hydrogen (secondary N) is 5. The third-order valence-corrected chi connectivity index (χ3v) is 9.04. The highest BCUT2D eigenvalue weighted by Crippen LogP contribution is 2.18. The maximum atomic E-state index is 12.7. The van der Waals surface area contributed by atoms with Crippen LogP contribution in [0.3, 0.4) is 0 Å². The van der Waals surface area contributed by atoms with Crippen molar-refractivity contribution in [3.05, 3.63) is 78.4 Å². The van der Waals surface area contributed by atoms with Gasteiger partial charge in [0, 0.05) is 48.8 Å². The number of carbonyl (C=O) groups is 1. The average Bonchev–Trinajstić information content (AvgIpc) is 2.99. The maximum absolute atomic E-state index is 12.7. The summed E-state index contributed by atoms with van der Waals surface area (Å²) in [6.07, 6.45) is 2.34. The number of benzene rings is 3. The van der Waals surface area contributed by atoms with Crippen LogP contribution in [0.25, 0.3) is 0 Å². The van der Waals surface area contributed by atoms with Crippen molar-refractivity contribution in [1.82, 2.24) is 14.6 Å². The second kappa shape index (κ2) is 14.0. The SMILES string of the molecule is CCCCN1CCN(C(=N)c2cccc(NC(=O)Nc3ccc(S(=O)(=O)NNc4ccc(S(N)(=O)=O)cc4)cc3)c2)CC1. The zero-order chi connectivity index (χ0) is 31.0. The van der Waals surface area contributed by atoms with Crippen molar-refractivity contribution in [2.24, 2.45) is 5.14 Å². The summed E-state index contributed by atoms with van der Waals surface area (Å²) in [6, 6.07) is 17.4. The lowest BCUT2D eigenvalue weighted by atomic mass is 10.1. The van der Waals surface area contributed by atoms with Crippen molar-refractivity contribution in [1.29, 1.82) is 5.41 Å². The first kappa shape index (κ1) is 31.9. The highest BCUT2D eigenvalue weighted by Gasteiger charge is 2.20. The smallest absolute Gasteiger partial charge is 0.323 e. The summed E-state index contributed by atoms with van der Waals surface area (Å²) >= 11 is 0. The highest BCUT2D eigenvalue weighted by molar-refractivity contribution is 7.89. The molecule has 2 amide bonds. The Morgan fingerprint density at radius 2 is 1.44 bits per heavy atom. The molecule has 1 aliphatic rings. The molecular weight excluding hydrogens is 592 g/mol. The molecule has 0 atom stereocenters. The van der Waals surface area contributed by atoms with Gasteiger partial charge in [0.1, 0.15) is 5.84 Å². The quantitative estimate of drug-likeness (QED) is 0.106. The number of rotatable bonds is 11. The van der Waals surface area contributed by atoms with Gasteiger partial charge in [0.15, 0.2) is 0 Å². The number of primary sulfonamides is 1. The van der Waals surface area contributed by atoms with Crippen LogP contribution in [0.15, 0.2) is 82.6 Å². The topological polar surface area (TPSA) is 190 Å². The lowest BCUT2D eigenvalue weighted by Gasteiger charge is -2.36. The van der Waals surface area contributed by atoms with E-state index in [1.165, 1.54) is 55.0 Å². The van der Waals surface area contributed by atoms with Crippen LogP contribution in [-0.4, -0.2) is 71.2 Å². The van der Waals surface area contributed by atoms with Crippen LogP contribution in [0.4, 0.5) is 21.9 Å². The van der Waals surface area contributed by atoms with E-state index in [0.717, 1.165) is 39.1 Å². The summed E-state index contributed by atoms with van der Waals surface area (Å²) in [7, 11) is -7.84. The largest absolute Gasteiger partial charge is 0.354 e. The maximum Gasteiger partial charge on any atom is 0.323 e. The average molecular weight is 629 g/mol. The first-order chi connectivity index (χ1) is 20.4. The molecule has 1 fully saturated rings. The Hall–Kier alpha value is -4.02. The molecule has 230 valence electrons. The second-order valence-electron chi connectivity index (χ2n) is 10.0.